The maximum Gasteiger partial charge on any atom is 0.269 e. The number of nitro benzene ring substituents is 1. The Labute approximate surface area is 193 Å². The SMILES string of the molecule is COc1ccc([C@H]2CC(=O)c3cn4nc(SCc5cccc([N+](=O)[O-])c5)nc4nc3C2)cc1. The van der Waals surface area contributed by atoms with Gasteiger partial charge in [-0.2, -0.15) is 4.98 Å². The Hall–Kier alpha value is -3.79. The normalized spacial score (nSPS) is 15.4. The zero-order valence-corrected chi connectivity index (χ0v) is 18.5. The average Bonchev–Trinajstić information content (AvgIpc) is 3.23. The zero-order valence-electron chi connectivity index (χ0n) is 17.7. The highest BCUT2D eigenvalue weighted by molar-refractivity contribution is 7.98. The van der Waals surface area contributed by atoms with E-state index >= 15 is 0 Å². The number of benzene rings is 2. The van der Waals surface area contributed by atoms with Crippen molar-refractivity contribution in [3.05, 3.63) is 87.2 Å². The lowest BCUT2D eigenvalue weighted by Gasteiger charge is -2.23. The topological polar surface area (TPSA) is 113 Å². The van der Waals surface area contributed by atoms with E-state index in [1.54, 1.807) is 19.4 Å². The molecule has 10 heteroatoms. The fourth-order valence-corrected chi connectivity index (χ4v) is 4.71. The van der Waals surface area contributed by atoms with Crippen LogP contribution in [-0.4, -0.2) is 37.4 Å². The minimum Gasteiger partial charge on any atom is -0.497 e. The number of non-ortho nitro benzene ring substituents is 1. The van der Waals surface area contributed by atoms with E-state index in [-0.39, 0.29) is 17.4 Å². The Bertz CT molecular complexity index is 1370. The number of carbonyl (C=O) groups excluding carboxylic acids is 1. The van der Waals surface area contributed by atoms with E-state index in [0.717, 1.165) is 22.6 Å². The Morgan fingerprint density at radius 1 is 1.18 bits per heavy atom. The predicted molar refractivity (Wildman–Crippen MR) is 122 cm³/mol. The number of ether oxygens (including phenoxy) is 1. The molecule has 4 aromatic rings. The Kier molecular flexibility index (Phi) is 5.51. The van der Waals surface area contributed by atoms with Crippen LogP contribution in [0, 0.1) is 10.1 Å². The second-order valence-electron chi connectivity index (χ2n) is 7.76. The monoisotopic (exact) mass is 461 g/mol. The number of methoxy groups -OCH3 is 1. The summed E-state index contributed by atoms with van der Waals surface area (Å²) in [6, 6.07) is 14.3. The third kappa shape index (κ3) is 4.29. The standard InChI is InChI=1S/C23H19N5O4S/c1-32-18-7-5-15(6-8-18)16-10-20-19(21(29)11-16)12-27-22(24-20)25-23(26-27)33-13-14-3-2-4-17(9-14)28(30)31/h2-9,12,16H,10-11,13H2,1H3/t16-/m1/s1. The van der Waals surface area contributed by atoms with Gasteiger partial charge in [-0.1, -0.05) is 36.0 Å². The van der Waals surface area contributed by atoms with Crippen molar-refractivity contribution in [2.45, 2.75) is 29.7 Å². The van der Waals surface area contributed by atoms with Crippen molar-refractivity contribution in [1.82, 2.24) is 19.6 Å². The lowest BCUT2D eigenvalue weighted by Crippen LogP contribution is -2.21. The molecule has 1 aliphatic carbocycles. The molecule has 33 heavy (non-hydrogen) atoms. The molecule has 2 aromatic carbocycles. The molecule has 0 saturated carbocycles. The molecule has 0 fully saturated rings. The summed E-state index contributed by atoms with van der Waals surface area (Å²) in [6.45, 7) is 0. The maximum absolute atomic E-state index is 12.9. The van der Waals surface area contributed by atoms with Crippen molar-refractivity contribution in [3.8, 4) is 5.75 Å². The van der Waals surface area contributed by atoms with E-state index in [9.17, 15) is 14.9 Å². The molecule has 2 heterocycles. The smallest absolute Gasteiger partial charge is 0.269 e. The first-order chi connectivity index (χ1) is 16.0. The largest absolute Gasteiger partial charge is 0.497 e. The van der Waals surface area contributed by atoms with E-state index in [2.05, 4.69) is 15.1 Å². The number of Topliss-reactive ketones (excluding diaryl/α,β-unsaturated/α-hetero) is 1. The van der Waals surface area contributed by atoms with Gasteiger partial charge in [0.15, 0.2) is 5.78 Å². The maximum atomic E-state index is 12.9. The highest BCUT2D eigenvalue weighted by Gasteiger charge is 2.28. The summed E-state index contributed by atoms with van der Waals surface area (Å²) < 4.78 is 6.75. The molecule has 2 aromatic heterocycles. The third-order valence-corrected chi connectivity index (χ3v) is 6.55. The first kappa shape index (κ1) is 21.1. The van der Waals surface area contributed by atoms with Crippen LogP contribution >= 0.6 is 11.8 Å². The lowest BCUT2D eigenvalue weighted by atomic mass is 9.82. The quantitative estimate of drug-likeness (QED) is 0.238. The number of nitrogens with zero attached hydrogens (tertiary/aromatic N) is 5. The number of hydrogen-bond acceptors (Lipinski definition) is 8. The summed E-state index contributed by atoms with van der Waals surface area (Å²) >= 11 is 1.36. The summed E-state index contributed by atoms with van der Waals surface area (Å²) in [6.07, 6.45) is 2.76. The average molecular weight is 462 g/mol. The van der Waals surface area contributed by atoms with Gasteiger partial charge in [0.1, 0.15) is 5.75 Å². The predicted octanol–water partition coefficient (Wildman–Crippen LogP) is 4.25. The van der Waals surface area contributed by atoms with E-state index in [1.165, 1.54) is 28.4 Å². The van der Waals surface area contributed by atoms with Crippen LogP contribution in [0.5, 0.6) is 5.75 Å². The molecule has 0 spiro atoms. The zero-order chi connectivity index (χ0) is 22.9. The summed E-state index contributed by atoms with van der Waals surface area (Å²) in [5, 5.41) is 15.9. The summed E-state index contributed by atoms with van der Waals surface area (Å²) in [5.74, 6) is 1.78. The van der Waals surface area contributed by atoms with Gasteiger partial charge in [-0.3, -0.25) is 14.9 Å². The van der Waals surface area contributed by atoms with Crippen molar-refractivity contribution < 1.29 is 14.5 Å². The second-order valence-corrected chi connectivity index (χ2v) is 8.70. The molecule has 0 N–H and O–H groups in total. The summed E-state index contributed by atoms with van der Waals surface area (Å²) in [4.78, 5) is 32.5. The van der Waals surface area contributed by atoms with E-state index in [0.29, 0.717) is 35.1 Å². The highest BCUT2D eigenvalue weighted by atomic mass is 32.2. The van der Waals surface area contributed by atoms with Crippen LogP contribution in [0.15, 0.2) is 59.9 Å². The molecular formula is C23H19N5O4S. The van der Waals surface area contributed by atoms with Crippen molar-refractivity contribution in [2.75, 3.05) is 7.11 Å². The van der Waals surface area contributed by atoms with Gasteiger partial charge < -0.3 is 4.74 Å². The molecule has 0 unspecified atom stereocenters. The van der Waals surface area contributed by atoms with Gasteiger partial charge in [0.2, 0.25) is 5.16 Å². The van der Waals surface area contributed by atoms with Crippen molar-refractivity contribution in [3.63, 3.8) is 0 Å². The van der Waals surface area contributed by atoms with Gasteiger partial charge in [-0.25, -0.2) is 9.50 Å². The molecular weight excluding hydrogens is 442 g/mol. The van der Waals surface area contributed by atoms with E-state index in [1.807, 2.05) is 30.3 Å². The minimum atomic E-state index is -0.415. The van der Waals surface area contributed by atoms with Crippen LogP contribution in [0.4, 0.5) is 5.69 Å². The van der Waals surface area contributed by atoms with Crippen molar-refractivity contribution in [2.24, 2.45) is 0 Å². The second kappa shape index (κ2) is 8.62. The Morgan fingerprint density at radius 3 is 2.76 bits per heavy atom. The van der Waals surface area contributed by atoms with Gasteiger partial charge in [-0.15, -0.1) is 5.10 Å². The number of fused-ring (bicyclic) bond motifs is 2. The third-order valence-electron chi connectivity index (χ3n) is 5.64. The van der Waals surface area contributed by atoms with E-state index < -0.39 is 4.92 Å². The first-order valence-electron chi connectivity index (χ1n) is 10.3. The number of rotatable bonds is 6. The van der Waals surface area contributed by atoms with Gasteiger partial charge in [0.05, 0.1) is 23.3 Å². The number of ketones is 1. The number of thioether (sulfide) groups is 1. The van der Waals surface area contributed by atoms with Crippen LogP contribution in [0.2, 0.25) is 0 Å². The molecule has 0 saturated heterocycles. The highest BCUT2D eigenvalue weighted by Crippen LogP contribution is 2.33. The van der Waals surface area contributed by atoms with Crippen molar-refractivity contribution >= 4 is 29.0 Å². The summed E-state index contributed by atoms with van der Waals surface area (Å²) in [5.41, 5.74) is 3.23. The molecule has 1 atom stereocenters. The number of aromatic nitrogens is 4. The Balaban J connectivity index is 1.36. The van der Waals surface area contributed by atoms with Crippen LogP contribution < -0.4 is 4.74 Å². The van der Waals surface area contributed by atoms with E-state index in [4.69, 9.17) is 4.74 Å². The molecule has 166 valence electrons. The van der Waals surface area contributed by atoms with Crippen LogP contribution in [0.1, 0.15) is 39.5 Å². The minimum absolute atomic E-state index is 0.0350. The lowest BCUT2D eigenvalue weighted by molar-refractivity contribution is -0.384. The first-order valence-corrected chi connectivity index (χ1v) is 11.3. The Morgan fingerprint density at radius 2 is 2.00 bits per heavy atom. The molecule has 1 aliphatic rings. The van der Waals surface area contributed by atoms with Gasteiger partial charge in [0, 0.05) is 30.5 Å². The molecule has 0 amide bonds. The summed E-state index contributed by atoms with van der Waals surface area (Å²) in [7, 11) is 1.62. The van der Waals surface area contributed by atoms with Crippen LogP contribution in [0.3, 0.4) is 0 Å². The fraction of sp³-hybridized carbons (Fsp3) is 0.217. The van der Waals surface area contributed by atoms with Gasteiger partial charge in [0.25, 0.3) is 11.5 Å². The molecule has 0 aliphatic heterocycles. The van der Waals surface area contributed by atoms with Crippen LogP contribution in [-0.2, 0) is 12.2 Å². The van der Waals surface area contributed by atoms with Gasteiger partial charge in [-0.05, 0) is 35.6 Å². The molecule has 9 nitrogen and oxygen atoms in total. The molecule has 0 radical (unpaired) electrons. The van der Waals surface area contributed by atoms with Crippen molar-refractivity contribution in [1.29, 1.82) is 0 Å². The molecule has 0 bridgehead atoms. The van der Waals surface area contributed by atoms with Gasteiger partial charge >= 0.3 is 0 Å². The molecule has 5 rings (SSSR count). The number of nitro groups is 1. The number of carbonyl (C=O) groups is 1. The van der Waals surface area contributed by atoms with Crippen LogP contribution in [0.25, 0.3) is 5.78 Å². The fourth-order valence-electron chi connectivity index (χ4n) is 3.95. The number of hydrogen-bond donors (Lipinski definition) is 0.